The molecule has 0 radical (unpaired) electrons. The lowest BCUT2D eigenvalue weighted by molar-refractivity contribution is 0.314. The Kier molecular flexibility index (Phi) is 4.55. The number of nitrogens with one attached hydrogen (secondary N) is 1. The fraction of sp³-hybridized carbons (Fsp3) is 0.625. The highest BCUT2D eigenvalue weighted by atomic mass is 16.5. The SMILES string of the molecule is CC(CNCCc1ncon1)C(N)=NO. The van der Waals surface area contributed by atoms with Crippen molar-refractivity contribution in [1.82, 2.24) is 15.5 Å². The summed E-state index contributed by atoms with van der Waals surface area (Å²) in [4.78, 5) is 3.88. The van der Waals surface area contributed by atoms with E-state index in [9.17, 15) is 0 Å². The number of amidine groups is 1. The van der Waals surface area contributed by atoms with Crippen LogP contribution in [-0.4, -0.2) is 34.3 Å². The molecule has 0 spiro atoms. The van der Waals surface area contributed by atoms with Gasteiger partial charge in [0, 0.05) is 25.4 Å². The molecule has 0 aliphatic heterocycles. The molecule has 84 valence electrons. The summed E-state index contributed by atoms with van der Waals surface area (Å²) >= 11 is 0. The summed E-state index contributed by atoms with van der Waals surface area (Å²) in [5.41, 5.74) is 5.41. The van der Waals surface area contributed by atoms with E-state index in [0.29, 0.717) is 18.8 Å². The Morgan fingerprint density at radius 2 is 2.60 bits per heavy atom. The number of oxime groups is 1. The van der Waals surface area contributed by atoms with Gasteiger partial charge in [-0.25, -0.2) is 0 Å². The van der Waals surface area contributed by atoms with Crippen molar-refractivity contribution in [3.63, 3.8) is 0 Å². The number of rotatable bonds is 6. The highest BCUT2D eigenvalue weighted by molar-refractivity contribution is 5.82. The van der Waals surface area contributed by atoms with E-state index in [1.165, 1.54) is 6.39 Å². The molecule has 1 aromatic rings. The van der Waals surface area contributed by atoms with Crippen molar-refractivity contribution in [3.05, 3.63) is 12.2 Å². The summed E-state index contributed by atoms with van der Waals surface area (Å²) in [6, 6.07) is 0. The number of hydrogen-bond acceptors (Lipinski definition) is 6. The summed E-state index contributed by atoms with van der Waals surface area (Å²) in [5.74, 6) is 0.890. The van der Waals surface area contributed by atoms with E-state index in [2.05, 4.69) is 25.1 Å². The van der Waals surface area contributed by atoms with Gasteiger partial charge >= 0.3 is 0 Å². The van der Waals surface area contributed by atoms with Gasteiger partial charge in [-0.2, -0.15) is 4.98 Å². The molecule has 0 saturated heterocycles. The maximum absolute atomic E-state index is 8.41. The van der Waals surface area contributed by atoms with Gasteiger partial charge in [-0.3, -0.25) is 0 Å². The van der Waals surface area contributed by atoms with E-state index in [1.54, 1.807) is 0 Å². The van der Waals surface area contributed by atoms with Gasteiger partial charge in [0.25, 0.3) is 0 Å². The van der Waals surface area contributed by atoms with Crippen LogP contribution >= 0.6 is 0 Å². The molecule has 7 nitrogen and oxygen atoms in total. The van der Waals surface area contributed by atoms with Gasteiger partial charge < -0.3 is 20.8 Å². The zero-order chi connectivity index (χ0) is 11.1. The molecule has 0 bridgehead atoms. The van der Waals surface area contributed by atoms with Gasteiger partial charge in [-0.05, 0) is 0 Å². The van der Waals surface area contributed by atoms with Gasteiger partial charge in [0.15, 0.2) is 5.82 Å². The second-order valence-corrected chi connectivity index (χ2v) is 3.23. The topological polar surface area (TPSA) is 110 Å². The first-order valence-corrected chi connectivity index (χ1v) is 4.67. The lowest BCUT2D eigenvalue weighted by Gasteiger charge is -2.09. The fourth-order valence-corrected chi connectivity index (χ4v) is 1.02. The van der Waals surface area contributed by atoms with Crippen LogP contribution in [0, 0.1) is 5.92 Å². The van der Waals surface area contributed by atoms with Crippen molar-refractivity contribution >= 4 is 5.84 Å². The Bertz CT molecular complexity index is 298. The molecule has 0 aliphatic carbocycles. The first-order chi connectivity index (χ1) is 7.24. The van der Waals surface area contributed by atoms with Crippen LogP contribution in [-0.2, 0) is 6.42 Å². The quantitative estimate of drug-likeness (QED) is 0.195. The molecule has 0 saturated carbocycles. The van der Waals surface area contributed by atoms with Gasteiger partial charge in [-0.15, -0.1) is 0 Å². The van der Waals surface area contributed by atoms with Crippen LogP contribution in [0.25, 0.3) is 0 Å². The normalized spacial score (nSPS) is 14.1. The second-order valence-electron chi connectivity index (χ2n) is 3.23. The number of nitrogens with zero attached hydrogens (tertiary/aromatic N) is 3. The summed E-state index contributed by atoms with van der Waals surface area (Å²) in [7, 11) is 0. The summed E-state index contributed by atoms with van der Waals surface area (Å²) < 4.78 is 4.59. The number of hydrogen-bond donors (Lipinski definition) is 3. The molecule has 1 aromatic heterocycles. The molecule has 0 aromatic carbocycles. The maximum atomic E-state index is 8.41. The van der Waals surface area contributed by atoms with Crippen molar-refractivity contribution in [2.24, 2.45) is 16.8 Å². The first kappa shape index (κ1) is 11.4. The minimum atomic E-state index is 0.000248. The van der Waals surface area contributed by atoms with E-state index in [1.807, 2.05) is 6.92 Å². The smallest absolute Gasteiger partial charge is 0.213 e. The largest absolute Gasteiger partial charge is 0.409 e. The van der Waals surface area contributed by atoms with E-state index in [4.69, 9.17) is 10.9 Å². The molecule has 0 fully saturated rings. The second kappa shape index (κ2) is 5.97. The van der Waals surface area contributed by atoms with Crippen molar-refractivity contribution < 1.29 is 9.73 Å². The standard InChI is InChI=1S/C8H15N5O2/c1-6(8(9)12-14)4-10-3-2-7-11-5-15-13-7/h5-6,10,14H,2-4H2,1H3,(H2,9,12). The number of aromatic nitrogens is 2. The van der Waals surface area contributed by atoms with Crippen molar-refractivity contribution in [2.45, 2.75) is 13.3 Å². The molecular weight excluding hydrogens is 198 g/mol. The van der Waals surface area contributed by atoms with Crippen LogP contribution in [0.15, 0.2) is 16.1 Å². The predicted octanol–water partition coefficient (Wildman–Crippen LogP) is -0.416. The van der Waals surface area contributed by atoms with Crippen molar-refractivity contribution in [1.29, 1.82) is 0 Å². The Hall–Kier alpha value is -1.63. The monoisotopic (exact) mass is 213 g/mol. The highest BCUT2D eigenvalue weighted by Gasteiger charge is 2.06. The molecule has 1 unspecified atom stereocenters. The van der Waals surface area contributed by atoms with Gasteiger partial charge in [-0.1, -0.05) is 17.2 Å². The van der Waals surface area contributed by atoms with Crippen LogP contribution in [0.3, 0.4) is 0 Å². The van der Waals surface area contributed by atoms with Crippen molar-refractivity contribution in [3.8, 4) is 0 Å². The first-order valence-electron chi connectivity index (χ1n) is 4.67. The van der Waals surface area contributed by atoms with Gasteiger partial charge in [0.2, 0.25) is 6.39 Å². The lowest BCUT2D eigenvalue weighted by atomic mass is 10.1. The van der Waals surface area contributed by atoms with Crippen LogP contribution in [0.5, 0.6) is 0 Å². The Balaban J connectivity index is 2.12. The Labute approximate surface area is 87.3 Å². The molecule has 0 aliphatic rings. The lowest BCUT2D eigenvalue weighted by Crippen LogP contribution is -2.32. The molecule has 4 N–H and O–H groups in total. The van der Waals surface area contributed by atoms with Gasteiger partial charge in [0.1, 0.15) is 5.84 Å². The maximum Gasteiger partial charge on any atom is 0.213 e. The van der Waals surface area contributed by atoms with Crippen LogP contribution in [0.4, 0.5) is 0 Å². The summed E-state index contributed by atoms with van der Waals surface area (Å²) in [5, 5.41) is 18.2. The highest BCUT2D eigenvalue weighted by Crippen LogP contribution is 1.93. The molecule has 15 heavy (non-hydrogen) atoms. The molecule has 1 heterocycles. The average molecular weight is 213 g/mol. The van der Waals surface area contributed by atoms with E-state index < -0.39 is 0 Å². The zero-order valence-electron chi connectivity index (χ0n) is 8.55. The molecule has 0 amide bonds. The minimum absolute atomic E-state index is 0.000248. The number of nitrogens with two attached hydrogens (primary N) is 1. The minimum Gasteiger partial charge on any atom is -0.409 e. The third-order valence-electron chi connectivity index (χ3n) is 2.00. The predicted molar refractivity (Wildman–Crippen MR) is 53.4 cm³/mol. The summed E-state index contributed by atoms with van der Waals surface area (Å²) in [6.45, 7) is 3.24. The average Bonchev–Trinajstić information content (AvgIpc) is 2.75. The van der Waals surface area contributed by atoms with Crippen LogP contribution in [0.2, 0.25) is 0 Å². The molecular formula is C8H15N5O2. The van der Waals surface area contributed by atoms with Gasteiger partial charge in [0.05, 0.1) is 0 Å². The third-order valence-corrected chi connectivity index (χ3v) is 2.00. The zero-order valence-corrected chi connectivity index (χ0v) is 8.55. The third kappa shape index (κ3) is 3.94. The Morgan fingerprint density at radius 1 is 1.80 bits per heavy atom. The van der Waals surface area contributed by atoms with E-state index >= 15 is 0 Å². The van der Waals surface area contributed by atoms with Crippen molar-refractivity contribution in [2.75, 3.05) is 13.1 Å². The molecule has 7 heteroatoms. The van der Waals surface area contributed by atoms with E-state index in [0.717, 1.165) is 6.54 Å². The molecule has 1 rings (SSSR count). The van der Waals surface area contributed by atoms with Crippen LogP contribution in [0.1, 0.15) is 12.7 Å². The van der Waals surface area contributed by atoms with Crippen LogP contribution < -0.4 is 11.1 Å². The summed E-state index contributed by atoms with van der Waals surface area (Å²) in [6.07, 6.45) is 1.99. The van der Waals surface area contributed by atoms with E-state index in [-0.39, 0.29) is 11.8 Å². The fourth-order valence-electron chi connectivity index (χ4n) is 1.02. The molecule has 1 atom stereocenters. The Morgan fingerprint density at radius 3 is 3.20 bits per heavy atom.